The first kappa shape index (κ1) is 15.6. The molecule has 2 N–H and O–H groups in total. The Bertz CT molecular complexity index is 570. The lowest BCUT2D eigenvalue weighted by molar-refractivity contribution is -0.137. The first-order valence-electron chi connectivity index (χ1n) is 6.97. The number of nitrogens with two attached hydrogens (primary N) is 1. The summed E-state index contributed by atoms with van der Waals surface area (Å²) in [6, 6.07) is 7.22. The van der Waals surface area contributed by atoms with Crippen molar-refractivity contribution in [1.29, 1.82) is 0 Å². The van der Waals surface area contributed by atoms with E-state index in [1.54, 1.807) is 0 Å². The maximum absolute atomic E-state index is 12.5. The van der Waals surface area contributed by atoms with Crippen LogP contribution in [0.15, 0.2) is 42.7 Å². The molecule has 5 heteroatoms. The van der Waals surface area contributed by atoms with Gasteiger partial charge in [-0.15, -0.1) is 0 Å². The highest BCUT2D eigenvalue weighted by Gasteiger charge is 2.29. The average molecular weight is 296 g/mol. The molecule has 114 valence electrons. The van der Waals surface area contributed by atoms with Crippen LogP contribution >= 0.6 is 0 Å². The van der Waals surface area contributed by atoms with Gasteiger partial charge in [-0.3, -0.25) is 0 Å². The van der Waals surface area contributed by atoms with Crippen LogP contribution in [0, 0.1) is 0 Å². The minimum atomic E-state index is -4.29. The topological polar surface area (TPSA) is 30.9 Å². The minimum Gasteiger partial charge on any atom is -0.350 e. The van der Waals surface area contributed by atoms with Crippen molar-refractivity contribution in [3.63, 3.8) is 0 Å². The second-order valence-corrected chi connectivity index (χ2v) is 5.21. The Morgan fingerprint density at radius 1 is 1.14 bits per heavy atom. The van der Waals surface area contributed by atoms with Gasteiger partial charge in [-0.05, 0) is 35.7 Å². The van der Waals surface area contributed by atoms with Gasteiger partial charge in [0.2, 0.25) is 0 Å². The van der Waals surface area contributed by atoms with E-state index in [2.05, 4.69) is 6.92 Å². The summed E-state index contributed by atoms with van der Waals surface area (Å²) in [6.07, 6.45) is 1.52. The molecule has 2 rings (SSSR count). The largest absolute Gasteiger partial charge is 0.416 e. The van der Waals surface area contributed by atoms with Crippen molar-refractivity contribution in [3.05, 3.63) is 59.4 Å². The van der Waals surface area contributed by atoms with E-state index in [1.165, 1.54) is 12.1 Å². The van der Waals surface area contributed by atoms with Crippen LogP contribution in [0.1, 0.15) is 42.5 Å². The molecule has 0 amide bonds. The molecule has 0 fully saturated rings. The molecule has 21 heavy (non-hydrogen) atoms. The predicted molar refractivity (Wildman–Crippen MR) is 76.8 cm³/mol. The van der Waals surface area contributed by atoms with Gasteiger partial charge in [-0.25, -0.2) is 0 Å². The zero-order valence-corrected chi connectivity index (χ0v) is 11.9. The van der Waals surface area contributed by atoms with Crippen LogP contribution in [-0.2, 0) is 12.7 Å². The monoisotopic (exact) mass is 296 g/mol. The molecule has 0 spiro atoms. The maximum Gasteiger partial charge on any atom is 0.416 e. The van der Waals surface area contributed by atoms with Gasteiger partial charge in [0.15, 0.2) is 0 Å². The Kier molecular flexibility index (Phi) is 4.73. The number of halogens is 3. The van der Waals surface area contributed by atoms with Crippen LogP contribution < -0.4 is 5.73 Å². The third-order valence-corrected chi connectivity index (χ3v) is 3.45. The predicted octanol–water partition coefficient (Wildman–Crippen LogP) is 4.36. The first-order chi connectivity index (χ1) is 9.90. The van der Waals surface area contributed by atoms with E-state index < -0.39 is 11.7 Å². The van der Waals surface area contributed by atoms with Crippen molar-refractivity contribution in [2.45, 2.75) is 38.5 Å². The fraction of sp³-hybridized carbons (Fsp3) is 0.375. The van der Waals surface area contributed by atoms with Crippen LogP contribution in [0.2, 0.25) is 0 Å². The third-order valence-electron chi connectivity index (χ3n) is 3.45. The number of rotatable bonds is 5. The molecule has 1 aromatic carbocycles. The van der Waals surface area contributed by atoms with Crippen molar-refractivity contribution in [2.24, 2.45) is 5.73 Å². The van der Waals surface area contributed by atoms with E-state index in [9.17, 15) is 13.2 Å². The normalized spacial score (nSPS) is 13.4. The van der Waals surface area contributed by atoms with Crippen molar-refractivity contribution in [3.8, 4) is 0 Å². The van der Waals surface area contributed by atoms with Crippen molar-refractivity contribution < 1.29 is 13.2 Å². The first-order valence-corrected chi connectivity index (χ1v) is 6.97. The number of aromatic nitrogens is 1. The Morgan fingerprint density at radius 2 is 1.81 bits per heavy atom. The molecule has 1 unspecified atom stereocenters. The van der Waals surface area contributed by atoms with Crippen LogP contribution in [0.3, 0.4) is 0 Å². The summed E-state index contributed by atoms with van der Waals surface area (Å²) >= 11 is 0. The standard InChI is InChI=1S/C16H19F3N2/c1-2-3-15(20)13-8-9-21(11-13)10-12-4-6-14(7-5-12)16(17,18)19/h4-9,11,15H,2-3,10,20H2,1H3. The van der Waals surface area contributed by atoms with Gasteiger partial charge in [0, 0.05) is 25.0 Å². The Balaban J connectivity index is 2.05. The second-order valence-electron chi connectivity index (χ2n) is 5.21. The van der Waals surface area contributed by atoms with Crippen molar-refractivity contribution in [1.82, 2.24) is 4.57 Å². The quantitative estimate of drug-likeness (QED) is 0.873. The fourth-order valence-electron chi connectivity index (χ4n) is 2.26. The van der Waals surface area contributed by atoms with E-state index in [0.29, 0.717) is 6.54 Å². The van der Waals surface area contributed by atoms with Crippen LogP contribution in [0.5, 0.6) is 0 Å². The third kappa shape index (κ3) is 4.11. The molecule has 0 saturated carbocycles. The molecular formula is C16H19F3N2. The summed E-state index contributed by atoms with van der Waals surface area (Å²) in [4.78, 5) is 0. The van der Waals surface area contributed by atoms with Crippen molar-refractivity contribution in [2.75, 3.05) is 0 Å². The number of benzene rings is 1. The zero-order valence-electron chi connectivity index (χ0n) is 11.9. The summed E-state index contributed by atoms with van der Waals surface area (Å²) in [5.74, 6) is 0. The van der Waals surface area contributed by atoms with Gasteiger partial charge in [0.05, 0.1) is 5.56 Å². The van der Waals surface area contributed by atoms with Crippen molar-refractivity contribution >= 4 is 0 Å². The molecule has 1 heterocycles. The fourth-order valence-corrected chi connectivity index (χ4v) is 2.26. The van der Waals surface area contributed by atoms with E-state index in [1.807, 2.05) is 23.0 Å². The van der Waals surface area contributed by atoms with E-state index >= 15 is 0 Å². The molecule has 0 aliphatic carbocycles. The summed E-state index contributed by atoms with van der Waals surface area (Å²) < 4.78 is 39.4. The van der Waals surface area contributed by atoms with Crippen LogP contribution in [0.25, 0.3) is 0 Å². The molecule has 2 nitrogen and oxygen atoms in total. The molecule has 1 aromatic heterocycles. The molecular weight excluding hydrogens is 277 g/mol. The lowest BCUT2D eigenvalue weighted by atomic mass is 10.1. The maximum atomic E-state index is 12.5. The summed E-state index contributed by atoms with van der Waals surface area (Å²) in [6.45, 7) is 2.62. The summed E-state index contributed by atoms with van der Waals surface area (Å²) in [7, 11) is 0. The van der Waals surface area contributed by atoms with Gasteiger partial charge in [-0.2, -0.15) is 13.2 Å². The molecule has 1 atom stereocenters. The van der Waals surface area contributed by atoms with E-state index in [0.717, 1.165) is 36.1 Å². The Morgan fingerprint density at radius 3 is 2.38 bits per heavy atom. The SMILES string of the molecule is CCCC(N)c1ccn(Cc2ccc(C(F)(F)F)cc2)c1. The summed E-state index contributed by atoms with van der Waals surface area (Å²) in [5, 5.41) is 0. The number of alkyl halides is 3. The summed E-state index contributed by atoms with van der Waals surface area (Å²) in [5.41, 5.74) is 7.31. The Hall–Kier alpha value is -1.75. The molecule has 2 aromatic rings. The van der Waals surface area contributed by atoms with E-state index in [-0.39, 0.29) is 6.04 Å². The van der Waals surface area contributed by atoms with Gasteiger partial charge < -0.3 is 10.3 Å². The molecule has 0 aliphatic rings. The van der Waals surface area contributed by atoms with Gasteiger partial charge in [-0.1, -0.05) is 25.5 Å². The highest BCUT2D eigenvalue weighted by molar-refractivity contribution is 5.25. The molecule has 0 bridgehead atoms. The Labute approximate surface area is 122 Å². The number of nitrogens with zero attached hydrogens (tertiary/aromatic N) is 1. The minimum absolute atomic E-state index is 0.0175. The average Bonchev–Trinajstić information content (AvgIpc) is 2.87. The van der Waals surface area contributed by atoms with Gasteiger partial charge in [0.25, 0.3) is 0 Å². The smallest absolute Gasteiger partial charge is 0.350 e. The lowest BCUT2D eigenvalue weighted by Gasteiger charge is -2.09. The van der Waals surface area contributed by atoms with Crippen LogP contribution in [0.4, 0.5) is 13.2 Å². The lowest BCUT2D eigenvalue weighted by Crippen LogP contribution is -2.09. The second kappa shape index (κ2) is 6.35. The van der Waals surface area contributed by atoms with E-state index in [4.69, 9.17) is 5.73 Å². The highest BCUT2D eigenvalue weighted by atomic mass is 19.4. The molecule has 0 radical (unpaired) electrons. The van der Waals surface area contributed by atoms with Crippen LogP contribution in [-0.4, -0.2) is 4.57 Å². The number of hydrogen-bond donors (Lipinski definition) is 1. The molecule has 0 aliphatic heterocycles. The van der Waals surface area contributed by atoms with Gasteiger partial charge >= 0.3 is 6.18 Å². The number of hydrogen-bond acceptors (Lipinski definition) is 1. The van der Waals surface area contributed by atoms with Gasteiger partial charge in [0.1, 0.15) is 0 Å². The highest BCUT2D eigenvalue weighted by Crippen LogP contribution is 2.29. The molecule has 0 saturated heterocycles. The zero-order chi connectivity index (χ0) is 15.5.